The molecule has 9 heteroatoms. The van der Waals surface area contributed by atoms with Crippen LogP contribution in [0.15, 0.2) is 36.7 Å². The second-order valence-electron chi connectivity index (χ2n) is 10.3. The quantitative estimate of drug-likeness (QED) is 0.623. The molecule has 0 unspecified atom stereocenters. The third-order valence-corrected chi connectivity index (χ3v) is 8.39. The SMILES string of the molecule is O=C1CC[C@@H](N2Cc3cc(O[C@H]4CCCC[C@@H]4N4CC(c5ccncc5Cl)C4)ccc3C2=O)C(=O)N1. The standard InChI is InChI=1S/C27H29ClN4O4/c28-21-12-29-10-9-19(21)17-13-31(14-17)22-3-1-2-4-24(22)36-18-5-6-20-16(11-18)15-32(27(20)35)23-7-8-25(33)30-26(23)34/h5-6,9-12,17,22-24H,1-4,7-8,13-15H2,(H,30,33,34)/t22-,23+,24-/m0/s1. The number of likely N-dealkylation sites (tertiary alicyclic amines) is 1. The number of ether oxygens (including phenoxy) is 1. The van der Waals surface area contributed by atoms with Crippen LogP contribution in [0, 0.1) is 0 Å². The number of piperidine rings is 1. The van der Waals surface area contributed by atoms with Crippen molar-refractivity contribution in [3.05, 3.63) is 58.4 Å². The summed E-state index contributed by atoms with van der Waals surface area (Å²) in [6.07, 6.45) is 8.66. The number of carbonyl (C=O) groups is 3. The van der Waals surface area contributed by atoms with E-state index in [-0.39, 0.29) is 24.3 Å². The maximum absolute atomic E-state index is 13.0. The zero-order chi connectivity index (χ0) is 24.8. The van der Waals surface area contributed by atoms with Crippen LogP contribution in [0.2, 0.25) is 5.02 Å². The average molecular weight is 509 g/mol. The van der Waals surface area contributed by atoms with Crippen LogP contribution in [0.1, 0.15) is 65.9 Å². The van der Waals surface area contributed by atoms with Gasteiger partial charge in [0.25, 0.3) is 5.91 Å². The lowest BCUT2D eigenvalue weighted by Gasteiger charge is -2.48. The molecule has 0 bridgehead atoms. The molecule has 3 atom stereocenters. The summed E-state index contributed by atoms with van der Waals surface area (Å²) < 4.78 is 6.53. The maximum atomic E-state index is 13.0. The van der Waals surface area contributed by atoms with Crippen LogP contribution >= 0.6 is 11.6 Å². The first kappa shape index (κ1) is 23.4. The van der Waals surface area contributed by atoms with E-state index in [2.05, 4.69) is 15.2 Å². The second-order valence-corrected chi connectivity index (χ2v) is 10.7. The van der Waals surface area contributed by atoms with Crippen LogP contribution in [0.5, 0.6) is 5.75 Å². The molecule has 1 saturated carbocycles. The number of imide groups is 1. The molecule has 3 amide bonds. The predicted molar refractivity (Wildman–Crippen MR) is 133 cm³/mol. The number of hydrogen-bond acceptors (Lipinski definition) is 6. The van der Waals surface area contributed by atoms with Crippen molar-refractivity contribution < 1.29 is 19.1 Å². The summed E-state index contributed by atoms with van der Waals surface area (Å²) >= 11 is 6.36. The topological polar surface area (TPSA) is 91.8 Å². The molecule has 1 aromatic carbocycles. The molecule has 4 aliphatic rings. The lowest BCUT2D eigenvalue weighted by atomic mass is 9.84. The van der Waals surface area contributed by atoms with E-state index in [1.54, 1.807) is 17.3 Å². The van der Waals surface area contributed by atoms with Crippen molar-refractivity contribution >= 4 is 29.3 Å². The number of hydrogen-bond donors (Lipinski definition) is 1. The molecule has 188 valence electrons. The molecule has 3 aliphatic heterocycles. The minimum Gasteiger partial charge on any atom is -0.489 e. The van der Waals surface area contributed by atoms with Crippen molar-refractivity contribution in [3.63, 3.8) is 0 Å². The summed E-state index contributed by atoms with van der Waals surface area (Å²) in [6, 6.07) is 7.38. The Kier molecular flexibility index (Phi) is 6.17. The van der Waals surface area contributed by atoms with Gasteiger partial charge in [-0.05, 0) is 61.1 Å². The molecule has 1 aromatic heterocycles. The van der Waals surface area contributed by atoms with Gasteiger partial charge < -0.3 is 9.64 Å². The van der Waals surface area contributed by atoms with Crippen LogP contribution in [0.25, 0.3) is 0 Å². The zero-order valence-corrected chi connectivity index (χ0v) is 20.7. The number of nitrogens with one attached hydrogen (secondary N) is 1. The fraction of sp³-hybridized carbons (Fsp3) is 0.481. The Balaban J connectivity index is 1.12. The first-order chi connectivity index (χ1) is 17.5. The van der Waals surface area contributed by atoms with Crippen LogP contribution in [0.4, 0.5) is 0 Å². The highest BCUT2D eigenvalue weighted by Gasteiger charge is 2.41. The third-order valence-electron chi connectivity index (χ3n) is 8.07. The summed E-state index contributed by atoms with van der Waals surface area (Å²) in [5.41, 5.74) is 2.64. The summed E-state index contributed by atoms with van der Waals surface area (Å²) in [7, 11) is 0. The Morgan fingerprint density at radius 2 is 1.89 bits per heavy atom. The third kappa shape index (κ3) is 4.26. The Bertz CT molecular complexity index is 1210. The fourth-order valence-electron chi connectivity index (χ4n) is 6.13. The van der Waals surface area contributed by atoms with E-state index in [1.165, 1.54) is 12.0 Å². The average Bonchev–Trinajstić information content (AvgIpc) is 3.16. The molecular formula is C27H29ClN4O4. The lowest BCUT2D eigenvalue weighted by molar-refractivity contribution is -0.136. The molecule has 1 N–H and O–H groups in total. The van der Waals surface area contributed by atoms with Gasteiger partial charge in [-0.3, -0.25) is 29.6 Å². The monoisotopic (exact) mass is 508 g/mol. The van der Waals surface area contributed by atoms with Gasteiger partial charge in [0, 0.05) is 56.0 Å². The van der Waals surface area contributed by atoms with E-state index in [1.807, 2.05) is 24.3 Å². The molecule has 0 spiro atoms. The zero-order valence-electron chi connectivity index (χ0n) is 20.0. The normalized spacial score (nSPS) is 27.0. The number of nitrogens with zero attached hydrogens (tertiary/aromatic N) is 3. The van der Waals surface area contributed by atoms with Gasteiger partial charge in [0.1, 0.15) is 17.9 Å². The van der Waals surface area contributed by atoms with Crippen LogP contribution in [-0.4, -0.2) is 63.8 Å². The van der Waals surface area contributed by atoms with Crippen molar-refractivity contribution in [1.82, 2.24) is 20.1 Å². The molecule has 36 heavy (non-hydrogen) atoms. The van der Waals surface area contributed by atoms with E-state index in [4.69, 9.17) is 16.3 Å². The molecule has 6 rings (SSSR count). The Labute approximate surface area is 214 Å². The molecule has 8 nitrogen and oxygen atoms in total. The number of halogens is 1. The number of benzene rings is 1. The highest BCUT2D eigenvalue weighted by atomic mass is 35.5. The largest absolute Gasteiger partial charge is 0.489 e. The number of fused-ring (bicyclic) bond motifs is 1. The molecule has 3 fully saturated rings. The fourth-order valence-corrected chi connectivity index (χ4v) is 6.40. The Morgan fingerprint density at radius 3 is 2.69 bits per heavy atom. The number of aromatic nitrogens is 1. The number of rotatable bonds is 5. The van der Waals surface area contributed by atoms with Gasteiger partial charge in [-0.15, -0.1) is 0 Å². The summed E-state index contributed by atoms with van der Waals surface area (Å²) in [6.45, 7) is 2.29. The first-order valence-electron chi connectivity index (χ1n) is 12.8. The van der Waals surface area contributed by atoms with E-state index in [9.17, 15) is 14.4 Å². The van der Waals surface area contributed by atoms with Crippen molar-refractivity contribution in [2.45, 2.75) is 69.2 Å². The van der Waals surface area contributed by atoms with Crippen LogP contribution in [-0.2, 0) is 16.1 Å². The van der Waals surface area contributed by atoms with E-state index < -0.39 is 11.9 Å². The van der Waals surface area contributed by atoms with Gasteiger partial charge in [-0.25, -0.2) is 0 Å². The Morgan fingerprint density at radius 1 is 1.06 bits per heavy atom. The van der Waals surface area contributed by atoms with Crippen molar-refractivity contribution in [1.29, 1.82) is 0 Å². The van der Waals surface area contributed by atoms with Gasteiger partial charge in [0.05, 0.1) is 5.02 Å². The summed E-state index contributed by atoms with van der Waals surface area (Å²) in [5.74, 6) is 0.346. The Hall–Kier alpha value is -2.97. The number of pyridine rings is 1. The van der Waals surface area contributed by atoms with Crippen molar-refractivity contribution in [3.8, 4) is 5.75 Å². The van der Waals surface area contributed by atoms with Gasteiger partial charge in [0.15, 0.2) is 0 Å². The number of carbonyl (C=O) groups excluding carboxylic acids is 3. The molecular weight excluding hydrogens is 480 g/mol. The predicted octanol–water partition coefficient (Wildman–Crippen LogP) is 3.29. The van der Waals surface area contributed by atoms with Crippen molar-refractivity contribution in [2.75, 3.05) is 13.1 Å². The van der Waals surface area contributed by atoms with Gasteiger partial charge in [-0.2, -0.15) is 0 Å². The molecule has 2 saturated heterocycles. The van der Waals surface area contributed by atoms with Gasteiger partial charge >= 0.3 is 0 Å². The van der Waals surface area contributed by atoms with E-state index >= 15 is 0 Å². The maximum Gasteiger partial charge on any atom is 0.255 e. The van der Waals surface area contributed by atoms with E-state index in [0.29, 0.717) is 30.5 Å². The smallest absolute Gasteiger partial charge is 0.255 e. The van der Waals surface area contributed by atoms with Gasteiger partial charge in [-0.1, -0.05) is 18.0 Å². The van der Waals surface area contributed by atoms with E-state index in [0.717, 1.165) is 48.7 Å². The molecule has 0 radical (unpaired) electrons. The highest BCUT2D eigenvalue weighted by Crippen LogP contribution is 2.38. The van der Waals surface area contributed by atoms with Gasteiger partial charge in [0.2, 0.25) is 11.8 Å². The lowest BCUT2D eigenvalue weighted by Crippen LogP contribution is -2.57. The van der Waals surface area contributed by atoms with Crippen LogP contribution < -0.4 is 10.1 Å². The summed E-state index contributed by atoms with van der Waals surface area (Å²) in [5, 5.41) is 3.08. The molecule has 4 heterocycles. The minimum absolute atomic E-state index is 0.0917. The molecule has 1 aliphatic carbocycles. The molecule has 2 aromatic rings. The summed E-state index contributed by atoms with van der Waals surface area (Å²) in [4.78, 5) is 45.0. The second kappa shape index (κ2) is 9.48. The first-order valence-corrected chi connectivity index (χ1v) is 13.1. The minimum atomic E-state index is -0.608. The number of amides is 3. The van der Waals surface area contributed by atoms with Crippen molar-refractivity contribution in [2.24, 2.45) is 0 Å². The highest BCUT2D eigenvalue weighted by molar-refractivity contribution is 6.31. The van der Waals surface area contributed by atoms with Crippen LogP contribution in [0.3, 0.4) is 0 Å².